The number of nitrogens with zero attached hydrogens (tertiary/aromatic N) is 1. The molecule has 1 unspecified atom stereocenters. The molecule has 1 aliphatic rings. The first kappa shape index (κ1) is 13.0. The van der Waals surface area contributed by atoms with Crippen molar-refractivity contribution in [2.75, 3.05) is 19.6 Å². The molecule has 0 bridgehead atoms. The molecule has 1 atom stereocenters. The minimum atomic E-state index is 0.735. The van der Waals surface area contributed by atoms with E-state index in [-0.39, 0.29) is 0 Å². The van der Waals surface area contributed by atoms with E-state index in [1.165, 1.54) is 38.8 Å². The highest BCUT2D eigenvalue weighted by molar-refractivity contribution is 4.85. The summed E-state index contributed by atoms with van der Waals surface area (Å²) in [5, 5.41) is 0. The van der Waals surface area contributed by atoms with Gasteiger partial charge in [0, 0.05) is 12.6 Å². The van der Waals surface area contributed by atoms with Gasteiger partial charge in [-0.05, 0) is 44.2 Å². The van der Waals surface area contributed by atoms with Gasteiger partial charge in [0.05, 0.1) is 0 Å². The van der Waals surface area contributed by atoms with Gasteiger partial charge in [-0.15, -0.1) is 0 Å². The number of rotatable bonds is 8. The quantitative estimate of drug-likeness (QED) is 0.670. The summed E-state index contributed by atoms with van der Waals surface area (Å²) < 4.78 is 0. The van der Waals surface area contributed by atoms with Crippen LogP contribution in [0.4, 0.5) is 0 Å². The summed E-state index contributed by atoms with van der Waals surface area (Å²) in [6.45, 7) is 10.3. The summed E-state index contributed by atoms with van der Waals surface area (Å²) in [6.07, 6.45) is 5.37. The molecule has 15 heavy (non-hydrogen) atoms. The summed E-state index contributed by atoms with van der Waals surface area (Å²) in [4.78, 5) is 2.68. The Bertz CT molecular complexity index is 160. The minimum absolute atomic E-state index is 0.735. The van der Waals surface area contributed by atoms with E-state index in [9.17, 15) is 0 Å². The van der Waals surface area contributed by atoms with Crippen molar-refractivity contribution in [3.63, 3.8) is 0 Å². The molecule has 0 aromatic rings. The van der Waals surface area contributed by atoms with Gasteiger partial charge in [-0.2, -0.15) is 0 Å². The largest absolute Gasteiger partial charge is 0.330 e. The highest BCUT2D eigenvalue weighted by Crippen LogP contribution is 2.28. The number of hydrogen-bond donors (Lipinski definition) is 1. The van der Waals surface area contributed by atoms with Crippen LogP contribution in [0.5, 0.6) is 0 Å². The summed E-state index contributed by atoms with van der Waals surface area (Å²) in [5.41, 5.74) is 5.74. The first-order valence-electron chi connectivity index (χ1n) is 6.61. The average molecular weight is 212 g/mol. The second kappa shape index (κ2) is 6.49. The van der Waals surface area contributed by atoms with Crippen LogP contribution in [-0.2, 0) is 0 Å². The predicted octanol–water partition coefficient (Wildman–Crippen LogP) is 2.48. The molecule has 0 radical (unpaired) electrons. The molecule has 1 rings (SSSR count). The molecule has 2 nitrogen and oxygen atoms in total. The monoisotopic (exact) mass is 212 g/mol. The summed E-state index contributed by atoms with van der Waals surface area (Å²) >= 11 is 0. The molecule has 1 aliphatic carbocycles. The third-order valence-electron chi connectivity index (χ3n) is 3.40. The van der Waals surface area contributed by atoms with Gasteiger partial charge in [-0.1, -0.05) is 27.2 Å². The molecule has 90 valence electrons. The zero-order chi connectivity index (χ0) is 11.3. The highest BCUT2D eigenvalue weighted by Gasteiger charge is 2.29. The van der Waals surface area contributed by atoms with E-state index in [1.54, 1.807) is 0 Å². The van der Waals surface area contributed by atoms with Gasteiger partial charge in [0.2, 0.25) is 0 Å². The van der Waals surface area contributed by atoms with Gasteiger partial charge in [-0.3, -0.25) is 0 Å². The molecule has 0 spiro atoms. The van der Waals surface area contributed by atoms with Crippen LogP contribution in [0.15, 0.2) is 0 Å². The maximum Gasteiger partial charge on any atom is 0.00965 e. The van der Waals surface area contributed by atoms with Crippen LogP contribution >= 0.6 is 0 Å². The lowest BCUT2D eigenvalue weighted by atomic mass is 10.0. The van der Waals surface area contributed by atoms with Crippen LogP contribution < -0.4 is 5.73 Å². The minimum Gasteiger partial charge on any atom is -0.330 e. The van der Waals surface area contributed by atoms with Gasteiger partial charge in [0.15, 0.2) is 0 Å². The maximum atomic E-state index is 5.74. The highest BCUT2D eigenvalue weighted by atomic mass is 15.2. The van der Waals surface area contributed by atoms with Crippen molar-refractivity contribution in [2.45, 2.75) is 52.5 Å². The first-order valence-corrected chi connectivity index (χ1v) is 6.61. The van der Waals surface area contributed by atoms with E-state index in [0.29, 0.717) is 0 Å². The Balaban J connectivity index is 2.24. The lowest BCUT2D eigenvalue weighted by molar-refractivity contribution is 0.217. The Morgan fingerprint density at radius 1 is 1.33 bits per heavy atom. The topological polar surface area (TPSA) is 29.3 Å². The van der Waals surface area contributed by atoms with Crippen molar-refractivity contribution >= 4 is 0 Å². The molecule has 0 heterocycles. The fraction of sp³-hybridized carbons (Fsp3) is 1.00. The van der Waals surface area contributed by atoms with E-state index in [1.807, 2.05) is 0 Å². The second-order valence-corrected chi connectivity index (χ2v) is 5.42. The molecule has 0 amide bonds. The molecule has 0 aromatic carbocycles. The van der Waals surface area contributed by atoms with Crippen LogP contribution in [0.1, 0.15) is 46.5 Å². The number of hydrogen-bond acceptors (Lipinski definition) is 2. The Kier molecular flexibility index (Phi) is 5.62. The van der Waals surface area contributed by atoms with Crippen molar-refractivity contribution in [1.82, 2.24) is 4.90 Å². The predicted molar refractivity (Wildman–Crippen MR) is 66.9 cm³/mol. The van der Waals surface area contributed by atoms with Gasteiger partial charge in [0.25, 0.3) is 0 Å². The Hall–Kier alpha value is -0.0800. The van der Waals surface area contributed by atoms with Crippen LogP contribution in [0.2, 0.25) is 0 Å². The Morgan fingerprint density at radius 3 is 2.40 bits per heavy atom. The molecule has 0 aliphatic heterocycles. The standard InChI is InChI=1S/C13H28N2/c1-4-12(9-14)7-8-15(10-11(2)3)13-5-6-13/h11-13H,4-10,14H2,1-3H3. The molecule has 0 aromatic heterocycles. The molecule has 1 saturated carbocycles. The van der Waals surface area contributed by atoms with E-state index in [4.69, 9.17) is 5.73 Å². The van der Waals surface area contributed by atoms with Crippen molar-refractivity contribution < 1.29 is 0 Å². The van der Waals surface area contributed by atoms with Crippen LogP contribution in [0, 0.1) is 11.8 Å². The van der Waals surface area contributed by atoms with Crippen LogP contribution in [-0.4, -0.2) is 30.6 Å². The van der Waals surface area contributed by atoms with Gasteiger partial charge in [0.1, 0.15) is 0 Å². The van der Waals surface area contributed by atoms with Crippen molar-refractivity contribution in [3.8, 4) is 0 Å². The molecular formula is C13H28N2. The zero-order valence-corrected chi connectivity index (χ0v) is 10.7. The lowest BCUT2D eigenvalue weighted by Crippen LogP contribution is -2.32. The summed E-state index contributed by atoms with van der Waals surface area (Å²) in [6, 6.07) is 0.905. The Labute approximate surface area is 95.2 Å². The molecule has 0 saturated heterocycles. The van der Waals surface area contributed by atoms with Gasteiger partial charge in [-0.25, -0.2) is 0 Å². The summed E-state index contributed by atoms with van der Waals surface area (Å²) in [5.74, 6) is 1.53. The molecule has 1 fully saturated rings. The van der Waals surface area contributed by atoms with Crippen LogP contribution in [0.25, 0.3) is 0 Å². The number of nitrogens with two attached hydrogens (primary N) is 1. The zero-order valence-electron chi connectivity index (χ0n) is 10.7. The Morgan fingerprint density at radius 2 is 2.00 bits per heavy atom. The fourth-order valence-electron chi connectivity index (χ4n) is 2.17. The van der Waals surface area contributed by atoms with E-state index in [2.05, 4.69) is 25.7 Å². The lowest BCUT2D eigenvalue weighted by Gasteiger charge is -2.25. The third kappa shape index (κ3) is 4.98. The van der Waals surface area contributed by atoms with Crippen molar-refractivity contribution in [1.29, 1.82) is 0 Å². The second-order valence-electron chi connectivity index (χ2n) is 5.42. The third-order valence-corrected chi connectivity index (χ3v) is 3.40. The maximum absolute atomic E-state index is 5.74. The van der Waals surface area contributed by atoms with Gasteiger partial charge >= 0.3 is 0 Å². The smallest absolute Gasteiger partial charge is 0.00965 e. The first-order chi connectivity index (χ1) is 7.17. The van der Waals surface area contributed by atoms with E-state index >= 15 is 0 Å². The van der Waals surface area contributed by atoms with Crippen molar-refractivity contribution in [3.05, 3.63) is 0 Å². The van der Waals surface area contributed by atoms with E-state index < -0.39 is 0 Å². The van der Waals surface area contributed by atoms with E-state index in [0.717, 1.165) is 24.4 Å². The molecular weight excluding hydrogens is 184 g/mol. The molecule has 2 N–H and O–H groups in total. The summed E-state index contributed by atoms with van der Waals surface area (Å²) in [7, 11) is 0. The fourth-order valence-corrected chi connectivity index (χ4v) is 2.17. The molecule has 2 heteroatoms. The van der Waals surface area contributed by atoms with Gasteiger partial charge < -0.3 is 10.6 Å². The van der Waals surface area contributed by atoms with Crippen LogP contribution in [0.3, 0.4) is 0 Å². The average Bonchev–Trinajstić information content (AvgIpc) is 3.00. The van der Waals surface area contributed by atoms with Crippen molar-refractivity contribution in [2.24, 2.45) is 17.6 Å². The SMILES string of the molecule is CCC(CN)CCN(CC(C)C)C1CC1. The normalized spacial score (nSPS) is 18.8.